The van der Waals surface area contributed by atoms with Gasteiger partial charge in [-0.2, -0.15) is 0 Å². The predicted octanol–water partition coefficient (Wildman–Crippen LogP) is 4.81. The number of nitrogens with one attached hydrogen (secondary N) is 1. The second kappa shape index (κ2) is 11.9. The maximum absolute atomic E-state index is 11.8. The van der Waals surface area contributed by atoms with Gasteiger partial charge in [0, 0.05) is 23.7 Å². The van der Waals surface area contributed by atoms with Crippen molar-refractivity contribution in [2.24, 2.45) is 0 Å². The third-order valence-electron chi connectivity index (χ3n) is 5.19. The Morgan fingerprint density at radius 2 is 1.76 bits per heavy atom. The molecule has 0 atom stereocenters. The Morgan fingerprint density at radius 3 is 2.48 bits per heavy atom. The van der Waals surface area contributed by atoms with Crippen LogP contribution in [0.5, 0.6) is 5.75 Å². The molecule has 7 heteroatoms. The van der Waals surface area contributed by atoms with E-state index in [2.05, 4.69) is 18.0 Å². The number of aryl methyl sites for hydroxylation is 1. The maximum atomic E-state index is 11.8. The molecular formula is C26H30N2O5. The lowest BCUT2D eigenvalue weighted by Crippen LogP contribution is -2.12. The van der Waals surface area contributed by atoms with Crippen molar-refractivity contribution >= 4 is 39.4 Å². The van der Waals surface area contributed by atoms with Crippen molar-refractivity contribution in [3.8, 4) is 5.75 Å². The van der Waals surface area contributed by atoms with E-state index in [0.29, 0.717) is 26.0 Å². The van der Waals surface area contributed by atoms with Crippen molar-refractivity contribution in [2.45, 2.75) is 32.6 Å². The number of fused-ring (bicyclic) bond motifs is 2. The summed E-state index contributed by atoms with van der Waals surface area (Å²) in [6, 6.07) is 11.8. The predicted molar refractivity (Wildman–Crippen MR) is 130 cm³/mol. The molecule has 0 fully saturated rings. The highest BCUT2D eigenvalue weighted by atomic mass is 16.5. The topological polar surface area (TPSA) is 86.8 Å². The minimum absolute atomic E-state index is 0.225. The van der Waals surface area contributed by atoms with E-state index < -0.39 is 0 Å². The molecule has 1 heterocycles. The average Bonchev–Trinajstić information content (AvgIpc) is 2.82. The molecule has 3 aromatic rings. The number of carbonyl (C=O) groups is 2. The van der Waals surface area contributed by atoms with E-state index in [1.807, 2.05) is 30.3 Å². The summed E-state index contributed by atoms with van der Waals surface area (Å²) in [6.45, 7) is 6.37. The zero-order valence-electron chi connectivity index (χ0n) is 19.2. The molecular weight excluding hydrogens is 420 g/mol. The van der Waals surface area contributed by atoms with Crippen LogP contribution in [-0.4, -0.2) is 43.8 Å². The van der Waals surface area contributed by atoms with E-state index in [0.717, 1.165) is 45.2 Å². The number of rotatable bonds is 12. The highest BCUT2D eigenvalue weighted by molar-refractivity contribution is 6.08. The molecule has 0 amide bonds. The third-order valence-corrected chi connectivity index (χ3v) is 5.19. The first-order valence-electron chi connectivity index (χ1n) is 11.1. The van der Waals surface area contributed by atoms with E-state index in [-0.39, 0.29) is 25.0 Å². The molecule has 0 spiro atoms. The molecule has 3 rings (SSSR count). The number of hydrogen-bond acceptors (Lipinski definition) is 7. The fourth-order valence-corrected chi connectivity index (χ4v) is 3.63. The van der Waals surface area contributed by atoms with Gasteiger partial charge in [0.05, 0.1) is 36.9 Å². The molecule has 0 aliphatic carbocycles. The first-order valence-corrected chi connectivity index (χ1v) is 11.1. The second-order valence-corrected chi connectivity index (χ2v) is 7.53. The van der Waals surface area contributed by atoms with Gasteiger partial charge in [-0.15, -0.1) is 0 Å². The normalized spacial score (nSPS) is 10.7. The van der Waals surface area contributed by atoms with Crippen LogP contribution in [0.25, 0.3) is 21.8 Å². The molecule has 0 radical (unpaired) electrons. The highest BCUT2D eigenvalue weighted by Gasteiger charge is 2.12. The van der Waals surface area contributed by atoms with Gasteiger partial charge in [0.25, 0.3) is 0 Å². The van der Waals surface area contributed by atoms with E-state index in [9.17, 15) is 9.59 Å². The molecule has 0 aliphatic heterocycles. The van der Waals surface area contributed by atoms with Crippen LogP contribution in [0, 0.1) is 0 Å². The Bertz CT molecular complexity index is 1140. The van der Waals surface area contributed by atoms with Gasteiger partial charge in [0.1, 0.15) is 12.4 Å². The molecule has 0 bridgehead atoms. The second-order valence-electron chi connectivity index (χ2n) is 7.53. The molecule has 0 aliphatic rings. The van der Waals surface area contributed by atoms with Crippen molar-refractivity contribution < 1.29 is 23.8 Å². The Balaban J connectivity index is 1.88. The lowest BCUT2D eigenvalue weighted by atomic mass is 10.0. The Labute approximate surface area is 193 Å². The van der Waals surface area contributed by atoms with Crippen LogP contribution in [0.1, 0.15) is 31.7 Å². The fraction of sp³-hybridized carbons (Fsp3) is 0.346. The van der Waals surface area contributed by atoms with Crippen molar-refractivity contribution in [1.29, 1.82) is 0 Å². The third kappa shape index (κ3) is 6.44. The minimum atomic E-state index is -0.241. The standard InChI is InChI=1S/C26H30N2O5/c1-4-15-33-24(29)8-6-7-18-9-11-22-20(16-18)26(27-14-13-25(30)32-5-2)21-17-19(31-3)10-12-23(21)28-22/h4,9-12,16-17H,1,5-8,13-15H2,2-3H3,(H,27,28). The number of anilines is 1. The molecule has 0 unspecified atom stereocenters. The number of esters is 2. The quantitative estimate of drug-likeness (QED) is 0.241. The summed E-state index contributed by atoms with van der Waals surface area (Å²) in [5, 5.41) is 5.28. The minimum Gasteiger partial charge on any atom is -0.497 e. The van der Waals surface area contributed by atoms with Crippen molar-refractivity contribution in [1.82, 2.24) is 4.98 Å². The van der Waals surface area contributed by atoms with Crippen LogP contribution in [0.15, 0.2) is 49.1 Å². The lowest BCUT2D eigenvalue weighted by molar-refractivity contribution is -0.143. The van der Waals surface area contributed by atoms with Gasteiger partial charge in [-0.05, 0) is 55.7 Å². The molecule has 1 N–H and O–H groups in total. The van der Waals surface area contributed by atoms with Gasteiger partial charge < -0.3 is 19.5 Å². The van der Waals surface area contributed by atoms with Crippen LogP contribution >= 0.6 is 0 Å². The van der Waals surface area contributed by atoms with E-state index in [4.69, 9.17) is 19.2 Å². The van der Waals surface area contributed by atoms with Crippen LogP contribution < -0.4 is 10.1 Å². The van der Waals surface area contributed by atoms with Crippen molar-refractivity contribution in [3.63, 3.8) is 0 Å². The Morgan fingerprint density at radius 1 is 1.03 bits per heavy atom. The molecule has 1 aromatic heterocycles. The summed E-state index contributed by atoms with van der Waals surface area (Å²) in [5.74, 6) is 0.261. The van der Waals surface area contributed by atoms with E-state index >= 15 is 0 Å². The number of nitrogens with zero attached hydrogens (tertiary/aromatic N) is 1. The highest BCUT2D eigenvalue weighted by Crippen LogP contribution is 2.34. The van der Waals surface area contributed by atoms with Gasteiger partial charge in [0.2, 0.25) is 0 Å². The van der Waals surface area contributed by atoms with Gasteiger partial charge in [-0.1, -0.05) is 18.7 Å². The Kier molecular flexibility index (Phi) is 8.63. The van der Waals surface area contributed by atoms with Crippen LogP contribution in [0.3, 0.4) is 0 Å². The summed E-state index contributed by atoms with van der Waals surface area (Å²) in [6.07, 6.45) is 3.59. The van der Waals surface area contributed by atoms with E-state index in [1.54, 1.807) is 20.1 Å². The number of pyridine rings is 1. The zero-order chi connectivity index (χ0) is 23.6. The SMILES string of the molecule is C=CCOC(=O)CCCc1ccc2nc3ccc(OC)cc3c(NCCC(=O)OCC)c2c1. The first-order chi connectivity index (χ1) is 16.0. The van der Waals surface area contributed by atoms with Crippen LogP contribution in [0.4, 0.5) is 5.69 Å². The number of carbonyl (C=O) groups excluding carboxylic acids is 2. The van der Waals surface area contributed by atoms with Crippen molar-refractivity contribution in [3.05, 3.63) is 54.6 Å². The van der Waals surface area contributed by atoms with Crippen molar-refractivity contribution in [2.75, 3.05) is 32.2 Å². The summed E-state index contributed by atoms with van der Waals surface area (Å²) < 4.78 is 15.5. The first kappa shape index (κ1) is 24.0. The summed E-state index contributed by atoms with van der Waals surface area (Å²) in [5.41, 5.74) is 3.67. The number of methoxy groups -OCH3 is 1. The monoisotopic (exact) mass is 450 g/mol. The van der Waals surface area contributed by atoms with Crippen LogP contribution in [-0.2, 0) is 25.5 Å². The molecule has 0 saturated heterocycles. The largest absolute Gasteiger partial charge is 0.497 e. The van der Waals surface area contributed by atoms with Gasteiger partial charge in [0.15, 0.2) is 0 Å². The molecule has 0 saturated carbocycles. The average molecular weight is 451 g/mol. The summed E-state index contributed by atoms with van der Waals surface area (Å²) in [4.78, 5) is 28.4. The number of benzene rings is 2. The Hall–Kier alpha value is -3.61. The molecule has 2 aromatic carbocycles. The molecule has 7 nitrogen and oxygen atoms in total. The summed E-state index contributed by atoms with van der Waals surface area (Å²) >= 11 is 0. The number of aromatic nitrogens is 1. The van der Waals surface area contributed by atoms with Gasteiger partial charge in [-0.25, -0.2) is 4.98 Å². The van der Waals surface area contributed by atoms with Gasteiger partial charge in [-0.3, -0.25) is 9.59 Å². The number of hydrogen-bond donors (Lipinski definition) is 1. The smallest absolute Gasteiger partial charge is 0.307 e. The molecule has 174 valence electrons. The van der Waals surface area contributed by atoms with E-state index in [1.165, 1.54) is 0 Å². The van der Waals surface area contributed by atoms with Crippen LogP contribution in [0.2, 0.25) is 0 Å². The van der Waals surface area contributed by atoms with Gasteiger partial charge >= 0.3 is 11.9 Å². The lowest BCUT2D eigenvalue weighted by Gasteiger charge is -2.15. The maximum Gasteiger partial charge on any atom is 0.307 e. The number of ether oxygens (including phenoxy) is 3. The summed E-state index contributed by atoms with van der Waals surface area (Å²) in [7, 11) is 1.63. The zero-order valence-corrected chi connectivity index (χ0v) is 19.2. The fourth-order valence-electron chi connectivity index (χ4n) is 3.63. The molecule has 33 heavy (non-hydrogen) atoms.